The molecule has 0 aromatic carbocycles. The lowest BCUT2D eigenvalue weighted by Gasteiger charge is -2.15. The van der Waals surface area contributed by atoms with Gasteiger partial charge in [0.2, 0.25) is 0 Å². The lowest BCUT2D eigenvalue weighted by atomic mass is 9.93. The fourth-order valence-corrected chi connectivity index (χ4v) is 1.87. The van der Waals surface area contributed by atoms with Gasteiger partial charge in [0, 0.05) is 0 Å². The summed E-state index contributed by atoms with van der Waals surface area (Å²) in [6.07, 6.45) is 5.58. The first-order valence-electron chi connectivity index (χ1n) is 6.71. The first-order valence-corrected chi connectivity index (χ1v) is 6.71. The van der Waals surface area contributed by atoms with Gasteiger partial charge >= 0.3 is 11.9 Å². The Labute approximate surface area is 116 Å². The van der Waals surface area contributed by atoms with Crippen molar-refractivity contribution in [1.29, 1.82) is 0 Å². The van der Waals surface area contributed by atoms with Crippen LogP contribution in [0.2, 0.25) is 0 Å². The molecular weight excluding hydrogens is 244 g/mol. The third kappa shape index (κ3) is 7.65. The molecule has 4 nitrogen and oxygen atoms in total. The monoisotopic (exact) mass is 270 g/mol. The third-order valence-electron chi connectivity index (χ3n) is 3.13. The molecule has 0 aliphatic carbocycles. The van der Waals surface area contributed by atoms with Crippen LogP contribution >= 0.6 is 0 Å². The van der Waals surface area contributed by atoms with Crippen LogP contribution in [0.1, 0.15) is 46.5 Å². The zero-order chi connectivity index (χ0) is 14.8. The van der Waals surface area contributed by atoms with Gasteiger partial charge in [-0.05, 0) is 45.4 Å². The van der Waals surface area contributed by atoms with Crippen molar-refractivity contribution in [2.75, 3.05) is 14.2 Å². The van der Waals surface area contributed by atoms with Gasteiger partial charge in [-0.25, -0.2) is 0 Å². The average Bonchev–Trinajstić information content (AvgIpc) is 2.37. The van der Waals surface area contributed by atoms with Crippen molar-refractivity contribution in [2.24, 2.45) is 11.8 Å². The van der Waals surface area contributed by atoms with E-state index in [0.717, 1.165) is 19.3 Å². The maximum atomic E-state index is 11.5. The largest absolute Gasteiger partial charge is 0.468 e. The van der Waals surface area contributed by atoms with Crippen LogP contribution in [0.25, 0.3) is 0 Å². The molecule has 110 valence electrons. The SMILES string of the molecule is COC(=O)C(CC[C@H](C)CCC=C(C)C)C(=O)OC. The molecule has 0 rings (SSSR count). The highest BCUT2D eigenvalue weighted by Gasteiger charge is 2.28. The van der Waals surface area contributed by atoms with Gasteiger partial charge < -0.3 is 9.47 Å². The summed E-state index contributed by atoms with van der Waals surface area (Å²) in [5.74, 6) is -1.35. The first kappa shape index (κ1) is 17.7. The van der Waals surface area contributed by atoms with E-state index in [4.69, 9.17) is 0 Å². The second-order valence-electron chi connectivity index (χ2n) is 5.14. The molecule has 0 bridgehead atoms. The van der Waals surface area contributed by atoms with Crippen molar-refractivity contribution >= 4 is 11.9 Å². The Morgan fingerprint density at radius 3 is 1.95 bits per heavy atom. The number of esters is 2. The van der Waals surface area contributed by atoms with Gasteiger partial charge in [0.1, 0.15) is 0 Å². The summed E-state index contributed by atoms with van der Waals surface area (Å²) >= 11 is 0. The Balaban J connectivity index is 4.20. The quantitative estimate of drug-likeness (QED) is 0.386. The maximum Gasteiger partial charge on any atom is 0.320 e. The molecule has 1 atom stereocenters. The number of allylic oxidation sites excluding steroid dienone is 2. The second kappa shape index (κ2) is 9.59. The van der Waals surface area contributed by atoms with E-state index in [0.29, 0.717) is 12.3 Å². The van der Waals surface area contributed by atoms with E-state index in [9.17, 15) is 9.59 Å². The summed E-state index contributed by atoms with van der Waals surface area (Å²) in [5, 5.41) is 0. The van der Waals surface area contributed by atoms with Gasteiger partial charge in [-0.15, -0.1) is 0 Å². The Kier molecular flexibility index (Phi) is 8.92. The number of hydrogen-bond donors (Lipinski definition) is 0. The van der Waals surface area contributed by atoms with Crippen LogP contribution < -0.4 is 0 Å². The van der Waals surface area contributed by atoms with Gasteiger partial charge in [0.05, 0.1) is 14.2 Å². The van der Waals surface area contributed by atoms with Crippen LogP contribution in [0.5, 0.6) is 0 Å². The van der Waals surface area contributed by atoms with Crippen molar-refractivity contribution in [3.8, 4) is 0 Å². The van der Waals surface area contributed by atoms with E-state index in [-0.39, 0.29) is 0 Å². The first-order chi connectivity index (χ1) is 8.92. The normalized spacial score (nSPS) is 11.9. The van der Waals surface area contributed by atoms with Crippen LogP contribution in [0.4, 0.5) is 0 Å². The van der Waals surface area contributed by atoms with E-state index < -0.39 is 17.9 Å². The molecule has 0 saturated heterocycles. The summed E-state index contributed by atoms with van der Waals surface area (Å²) < 4.78 is 9.26. The number of hydrogen-bond acceptors (Lipinski definition) is 4. The number of carbonyl (C=O) groups excluding carboxylic acids is 2. The summed E-state index contributed by atoms with van der Waals surface area (Å²) in [7, 11) is 2.58. The number of rotatable bonds is 8. The van der Waals surface area contributed by atoms with Crippen molar-refractivity contribution in [3.05, 3.63) is 11.6 Å². The van der Waals surface area contributed by atoms with Crippen LogP contribution in [-0.4, -0.2) is 26.2 Å². The Bertz CT molecular complexity index is 300. The van der Waals surface area contributed by atoms with Gasteiger partial charge in [-0.2, -0.15) is 0 Å². The number of carbonyl (C=O) groups is 2. The highest BCUT2D eigenvalue weighted by Crippen LogP contribution is 2.19. The predicted octanol–water partition coefficient (Wildman–Crippen LogP) is 3.11. The molecule has 4 heteroatoms. The highest BCUT2D eigenvalue weighted by molar-refractivity contribution is 5.94. The summed E-state index contributed by atoms with van der Waals surface area (Å²) in [6, 6.07) is 0. The minimum absolute atomic E-state index is 0.465. The molecule has 0 heterocycles. The minimum atomic E-state index is -0.791. The lowest BCUT2D eigenvalue weighted by Crippen LogP contribution is -2.27. The van der Waals surface area contributed by atoms with E-state index in [2.05, 4.69) is 36.3 Å². The fraction of sp³-hybridized carbons (Fsp3) is 0.733. The number of methoxy groups -OCH3 is 2. The Hall–Kier alpha value is -1.32. The Morgan fingerprint density at radius 2 is 1.53 bits per heavy atom. The van der Waals surface area contributed by atoms with Crippen molar-refractivity contribution < 1.29 is 19.1 Å². The van der Waals surface area contributed by atoms with Gasteiger partial charge in [0.15, 0.2) is 5.92 Å². The summed E-state index contributed by atoms with van der Waals surface area (Å²) in [4.78, 5) is 23.0. The van der Waals surface area contributed by atoms with Crippen molar-refractivity contribution in [3.63, 3.8) is 0 Å². The Morgan fingerprint density at radius 1 is 1.00 bits per heavy atom. The molecule has 0 fully saturated rings. The number of ether oxygens (including phenoxy) is 2. The van der Waals surface area contributed by atoms with Gasteiger partial charge in [0.25, 0.3) is 0 Å². The molecule has 0 unspecified atom stereocenters. The molecule has 0 radical (unpaired) electrons. The van der Waals surface area contributed by atoms with Crippen LogP contribution in [0.3, 0.4) is 0 Å². The molecule has 0 aliphatic heterocycles. The van der Waals surface area contributed by atoms with Crippen LogP contribution in [0, 0.1) is 11.8 Å². The minimum Gasteiger partial charge on any atom is -0.468 e. The molecule has 0 saturated carbocycles. The van der Waals surface area contributed by atoms with Gasteiger partial charge in [-0.1, -0.05) is 18.6 Å². The molecule has 0 aliphatic rings. The van der Waals surface area contributed by atoms with Crippen LogP contribution in [-0.2, 0) is 19.1 Å². The molecule has 19 heavy (non-hydrogen) atoms. The fourth-order valence-electron chi connectivity index (χ4n) is 1.87. The van der Waals surface area contributed by atoms with Crippen molar-refractivity contribution in [1.82, 2.24) is 0 Å². The summed E-state index contributed by atoms with van der Waals surface area (Å²) in [6.45, 7) is 6.29. The smallest absolute Gasteiger partial charge is 0.320 e. The van der Waals surface area contributed by atoms with E-state index in [1.54, 1.807) is 0 Å². The lowest BCUT2D eigenvalue weighted by molar-refractivity contribution is -0.159. The predicted molar refractivity (Wildman–Crippen MR) is 74.6 cm³/mol. The molecular formula is C15H26O4. The molecule has 0 spiro atoms. The third-order valence-corrected chi connectivity index (χ3v) is 3.13. The molecule has 0 aromatic heterocycles. The standard InChI is InChI=1S/C15H26O4/c1-11(2)7-6-8-12(3)9-10-13(14(16)18-4)15(17)19-5/h7,12-13H,6,8-10H2,1-5H3/t12-/m1/s1. The van der Waals surface area contributed by atoms with E-state index >= 15 is 0 Å². The molecule has 0 N–H and O–H groups in total. The molecule has 0 amide bonds. The van der Waals surface area contributed by atoms with E-state index in [1.165, 1.54) is 19.8 Å². The molecule has 0 aromatic rings. The maximum absolute atomic E-state index is 11.5. The van der Waals surface area contributed by atoms with Crippen LogP contribution in [0.15, 0.2) is 11.6 Å². The average molecular weight is 270 g/mol. The van der Waals surface area contributed by atoms with E-state index in [1.807, 2.05) is 0 Å². The van der Waals surface area contributed by atoms with Gasteiger partial charge in [-0.3, -0.25) is 9.59 Å². The van der Waals surface area contributed by atoms with Crippen molar-refractivity contribution in [2.45, 2.75) is 46.5 Å². The zero-order valence-corrected chi connectivity index (χ0v) is 12.7. The zero-order valence-electron chi connectivity index (χ0n) is 12.7. The highest BCUT2D eigenvalue weighted by atomic mass is 16.5. The second-order valence-corrected chi connectivity index (χ2v) is 5.14. The topological polar surface area (TPSA) is 52.6 Å². The summed E-state index contributed by atoms with van der Waals surface area (Å²) in [5.41, 5.74) is 1.31.